The molecule has 3 rings (SSSR count). The van der Waals surface area contributed by atoms with Gasteiger partial charge in [-0.25, -0.2) is 4.98 Å². The molecule has 2 N–H and O–H groups in total. The number of nitrogens with one attached hydrogen (secondary N) is 2. The van der Waals surface area contributed by atoms with E-state index in [1.165, 1.54) is 0 Å². The average Bonchev–Trinajstić information content (AvgIpc) is 2.88. The maximum absolute atomic E-state index is 3.88. The summed E-state index contributed by atoms with van der Waals surface area (Å²) in [5, 5.41) is 10.3. The average molecular weight is 201 g/mol. The fourth-order valence-electron chi connectivity index (χ4n) is 1.11. The number of rotatable bonds is 0. The van der Waals surface area contributed by atoms with Crippen LogP contribution < -0.4 is 0 Å². The number of hydrogen-bond donors (Lipinski definition) is 2. The van der Waals surface area contributed by atoms with E-state index in [-0.39, 0.29) is 0 Å². The van der Waals surface area contributed by atoms with Gasteiger partial charge in [-0.05, 0) is 19.1 Å². The van der Waals surface area contributed by atoms with Crippen LogP contribution in [0, 0.1) is 6.92 Å². The van der Waals surface area contributed by atoms with E-state index in [0.29, 0.717) is 0 Å². The van der Waals surface area contributed by atoms with Gasteiger partial charge in [0, 0.05) is 11.9 Å². The van der Waals surface area contributed by atoms with E-state index in [9.17, 15) is 0 Å². The van der Waals surface area contributed by atoms with E-state index in [2.05, 4.69) is 25.4 Å². The summed E-state index contributed by atoms with van der Waals surface area (Å²) in [5.41, 5.74) is 2.94. The second-order valence-corrected chi connectivity index (χ2v) is 3.05. The topological polar surface area (TPSA) is 70.2 Å². The van der Waals surface area contributed by atoms with Crippen molar-refractivity contribution in [3.05, 3.63) is 42.5 Å². The molecule has 76 valence electrons. The van der Waals surface area contributed by atoms with Crippen LogP contribution >= 0.6 is 0 Å². The Balaban J connectivity index is 0.000000124. The fraction of sp³-hybridized carbons (Fsp3) is 0.100. The molecule has 0 spiro atoms. The third kappa shape index (κ3) is 2.40. The van der Waals surface area contributed by atoms with E-state index >= 15 is 0 Å². The maximum Gasteiger partial charge on any atom is 0.112 e. The van der Waals surface area contributed by atoms with Gasteiger partial charge in [0.15, 0.2) is 0 Å². The monoisotopic (exact) mass is 201 g/mol. The van der Waals surface area contributed by atoms with Crippen molar-refractivity contribution in [2.45, 2.75) is 6.92 Å². The molecular weight excluding hydrogens is 190 g/mol. The van der Waals surface area contributed by atoms with Crippen molar-refractivity contribution < 1.29 is 0 Å². The second-order valence-electron chi connectivity index (χ2n) is 3.05. The zero-order valence-electron chi connectivity index (χ0n) is 8.31. The molecule has 2 aromatic heterocycles. The number of nitrogens with zero attached hydrogens (tertiary/aromatic N) is 3. The Bertz CT molecular complexity index is 481. The summed E-state index contributed by atoms with van der Waals surface area (Å²) in [6.45, 7) is 1.97. The van der Waals surface area contributed by atoms with Crippen molar-refractivity contribution in [3.63, 3.8) is 0 Å². The quantitative estimate of drug-likeness (QED) is 0.581. The van der Waals surface area contributed by atoms with Crippen LogP contribution in [0.15, 0.2) is 36.8 Å². The lowest BCUT2D eigenvalue weighted by atomic mass is 10.3. The largest absolute Gasteiger partial charge is 0.349 e. The smallest absolute Gasteiger partial charge is 0.112 e. The van der Waals surface area contributed by atoms with Crippen molar-refractivity contribution in [3.8, 4) is 0 Å². The summed E-state index contributed by atoms with van der Waals surface area (Å²) in [4.78, 5) is 6.66. The molecule has 0 bridgehead atoms. The summed E-state index contributed by atoms with van der Waals surface area (Å²) < 4.78 is 0. The molecule has 15 heavy (non-hydrogen) atoms. The van der Waals surface area contributed by atoms with Crippen LogP contribution in [0.5, 0.6) is 0 Å². The van der Waals surface area contributed by atoms with E-state index in [1.807, 2.05) is 31.2 Å². The molecule has 0 radical (unpaired) electrons. The van der Waals surface area contributed by atoms with Gasteiger partial charge < -0.3 is 4.98 Å². The van der Waals surface area contributed by atoms with Gasteiger partial charge >= 0.3 is 0 Å². The van der Waals surface area contributed by atoms with Crippen molar-refractivity contribution in [2.75, 3.05) is 0 Å². The fourth-order valence-corrected chi connectivity index (χ4v) is 1.11. The molecule has 0 atom stereocenters. The predicted octanol–water partition coefficient (Wildman–Crippen LogP) is 1.68. The molecule has 0 fully saturated rings. The summed E-state index contributed by atoms with van der Waals surface area (Å²) in [7, 11) is 0. The molecule has 0 amide bonds. The van der Waals surface area contributed by atoms with Crippen molar-refractivity contribution in [1.29, 1.82) is 0 Å². The molecule has 0 aliphatic heterocycles. The normalized spacial score (nSPS) is 9.67. The van der Waals surface area contributed by atoms with Gasteiger partial charge in [-0.15, -0.1) is 0 Å². The number of H-pyrrole nitrogens is 2. The highest BCUT2D eigenvalue weighted by molar-refractivity contribution is 5.72. The summed E-state index contributed by atoms with van der Waals surface area (Å²) in [6, 6.07) is 7.70. The van der Waals surface area contributed by atoms with Gasteiger partial charge in [0.25, 0.3) is 0 Å². The van der Waals surface area contributed by atoms with E-state index < -0.39 is 0 Å². The minimum Gasteiger partial charge on any atom is -0.349 e. The van der Waals surface area contributed by atoms with Crippen molar-refractivity contribution in [1.82, 2.24) is 25.4 Å². The Morgan fingerprint density at radius 1 is 1.07 bits per heavy atom. The third-order valence-corrected chi connectivity index (χ3v) is 1.86. The number of hydrogen-bond acceptors (Lipinski definition) is 3. The van der Waals surface area contributed by atoms with Crippen LogP contribution in [0.3, 0.4) is 0 Å². The number of aryl methyl sites for hydroxylation is 1. The molecule has 0 aliphatic rings. The Kier molecular flexibility index (Phi) is 2.73. The Hall–Kier alpha value is -2.17. The Labute approximate surface area is 86.6 Å². The van der Waals surface area contributed by atoms with Gasteiger partial charge in [0.2, 0.25) is 0 Å². The van der Waals surface area contributed by atoms with E-state index in [4.69, 9.17) is 0 Å². The highest BCUT2D eigenvalue weighted by atomic mass is 15.3. The van der Waals surface area contributed by atoms with Gasteiger partial charge in [-0.1, -0.05) is 12.1 Å². The number of aromatic amines is 2. The minimum atomic E-state index is 0.914. The summed E-state index contributed by atoms with van der Waals surface area (Å²) in [6.07, 6.45) is 3.44. The maximum atomic E-state index is 3.88. The second kappa shape index (κ2) is 4.36. The van der Waals surface area contributed by atoms with Crippen molar-refractivity contribution in [2.24, 2.45) is 0 Å². The van der Waals surface area contributed by atoms with Crippen LogP contribution in [0.25, 0.3) is 11.0 Å². The van der Waals surface area contributed by atoms with Gasteiger partial charge in [0.05, 0.1) is 6.33 Å². The van der Waals surface area contributed by atoms with E-state index in [1.54, 1.807) is 12.5 Å². The van der Waals surface area contributed by atoms with Gasteiger partial charge in [0.1, 0.15) is 11.0 Å². The van der Waals surface area contributed by atoms with Crippen LogP contribution in [-0.2, 0) is 0 Å². The number of para-hydroxylation sites is 2. The van der Waals surface area contributed by atoms with Crippen molar-refractivity contribution >= 4 is 11.0 Å². The lowest BCUT2D eigenvalue weighted by Crippen LogP contribution is -1.63. The minimum absolute atomic E-state index is 0.914. The van der Waals surface area contributed by atoms with Crippen LogP contribution in [0.2, 0.25) is 0 Å². The molecule has 3 aromatic rings. The Morgan fingerprint density at radius 3 is 2.13 bits per heavy atom. The first kappa shape index (κ1) is 9.39. The molecule has 2 heterocycles. The molecule has 1 aromatic carbocycles. The lowest BCUT2D eigenvalue weighted by molar-refractivity contribution is 0.959. The zero-order chi connectivity index (χ0) is 10.5. The molecule has 5 nitrogen and oxygen atoms in total. The number of imidazole rings is 1. The van der Waals surface area contributed by atoms with Crippen LogP contribution in [-0.4, -0.2) is 25.4 Å². The zero-order valence-corrected chi connectivity index (χ0v) is 8.31. The molecule has 0 saturated carbocycles. The van der Waals surface area contributed by atoms with Crippen LogP contribution in [0.4, 0.5) is 0 Å². The molecule has 5 heteroatoms. The highest BCUT2D eigenvalue weighted by Crippen LogP contribution is 2.03. The van der Waals surface area contributed by atoms with Crippen LogP contribution in [0.1, 0.15) is 5.69 Å². The SMILES string of the molecule is Cc1cnc[nH]1.c1ccc2n[nH]nc2c1. The number of fused-ring (bicyclic) bond motifs is 1. The molecule has 0 unspecified atom stereocenters. The van der Waals surface area contributed by atoms with E-state index in [0.717, 1.165) is 16.7 Å². The van der Waals surface area contributed by atoms with Gasteiger partial charge in [-0.2, -0.15) is 15.4 Å². The first-order chi connectivity index (χ1) is 7.36. The Morgan fingerprint density at radius 2 is 1.73 bits per heavy atom. The first-order valence-electron chi connectivity index (χ1n) is 4.57. The molecule has 0 aliphatic carbocycles. The summed E-state index contributed by atoms with van der Waals surface area (Å²) >= 11 is 0. The number of aromatic nitrogens is 5. The third-order valence-electron chi connectivity index (χ3n) is 1.86. The number of benzene rings is 1. The summed E-state index contributed by atoms with van der Waals surface area (Å²) in [5.74, 6) is 0. The predicted molar refractivity (Wildman–Crippen MR) is 57.2 cm³/mol. The lowest BCUT2D eigenvalue weighted by Gasteiger charge is -1.78. The molecular formula is C10H11N5. The van der Waals surface area contributed by atoms with Gasteiger partial charge in [-0.3, -0.25) is 0 Å². The highest BCUT2D eigenvalue weighted by Gasteiger charge is 1.90. The standard InChI is InChI=1S/C6H5N3.C4H6N2/c1-2-4-6-5(3-1)7-9-8-6;1-4-2-5-3-6-4/h1-4H,(H,7,8,9);2-3H,1H3,(H,5,6). The molecule has 0 saturated heterocycles. The first-order valence-corrected chi connectivity index (χ1v) is 4.57.